The van der Waals surface area contributed by atoms with Crippen LogP contribution in [0, 0.1) is 10.1 Å². The minimum absolute atomic E-state index is 0.101. The molecular weight excluding hydrogens is 370 g/mol. The molecule has 10 heteroatoms. The van der Waals surface area contributed by atoms with Crippen molar-refractivity contribution < 1.29 is 14.5 Å². The highest BCUT2D eigenvalue weighted by Gasteiger charge is 2.30. The molecule has 1 amide bonds. The lowest BCUT2D eigenvalue weighted by Crippen LogP contribution is -2.23. The number of methoxy groups -OCH3 is 1. The van der Waals surface area contributed by atoms with Crippen molar-refractivity contribution in [1.82, 2.24) is 14.8 Å². The normalized spacial score (nSPS) is 14.6. The number of carbonyl (C=O) groups excluding carboxylic acids is 1. The van der Waals surface area contributed by atoms with Crippen LogP contribution in [-0.2, 0) is 11.3 Å². The van der Waals surface area contributed by atoms with Gasteiger partial charge in [-0.05, 0) is 32.8 Å². The largest absolute Gasteiger partial charge is 0.494 e. The van der Waals surface area contributed by atoms with Gasteiger partial charge in [0.1, 0.15) is 11.6 Å². The second-order valence-corrected chi connectivity index (χ2v) is 7.56. The number of anilines is 1. The molecule has 0 radical (unpaired) electrons. The summed E-state index contributed by atoms with van der Waals surface area (Å²) in [5, 5.41) is 22.4. The van der Waals surface area contributed by atoms with Gasteiger partial charge < -0.3 is 14.6 Å². The molecule has 27 heavy (non-hydrogen) atoms. The Morgan fingerprint density at radius 2 is 2.22 bits per heavy atom. The van der Waals surface area contributed by atoms with E-state index in [1.807, 2.05) is 6.92 Å². The van der Waals surface area contributed by atoms with Gasteiger partial charge in [-0.1, -0.05) is 11.8 Å². The van der Waals surface area contributed by atoms with Crippen LogP contribution >= 0.6 is 11.8 Å². The number of ether oxygens (including phenoxy) is 1. The van der Waals surface area contributed by atoms with E-state index in [1.165, 1.54) is 37.1 Å². The van der Waals surface area contributed by atoms with E-state index < -0.39 is 10.2 Å². The van der Waals surface area contributed by atoms with E-state index in [9.17, 15) is 14.9 Å². The number of non-ortho nitro benzene ring substituents is 1. The van der Waals surface area contributed by atoms with Gasteiger partial charge in [-0.2, -0.15) is 0 Å². The fourth-order valence-electron chi connectivity index (χ4n) is 2.67. The van der Waals surface area contributed by atoms with Gasteiger partial charge in [0.15, 0.2) is 5.16 Å². The molecule has 1 atom stereocenters. The smallest absolute Gasteiger partial charge is 0.273 e. The summed E-state index contributed by atoms with van der Waals surface area (Å²) in [4.78, 5) is 22.9. The standard InChI is InChI=1S/C17H21N5O4S/c1-4-21-15(11-5-6-11)19-20-17(21)27-10(2)16(23)18-13-8-7-12(22(24)25)9-14(13)26-3/h7-11H,4-6H2,1-3H3,(H,18,23)/t10-/m0/s1. The second kappa shape index (κ2) is 7.95. The molecule has 1 fully saturated rings. The first-order chi connectivity index (χ1) is 12.9. The first kappa shape index (κ1) is 19.2. The van der Waals surface area contributed by atoms with Crippen molar-refractivity contribution in [2.75, 3.05) is 12.4 Å². The van der Waals surface area contributed by atoms with Crippen molar-refractivity contribution in [3.63, 3.8) is 0 Å². The molecule has 1 aromatic carbocycles. The van der Waals surface area contributed by atoms with E-state index in [0.717, 1.165) is 30.4 Å². The maximum Gasteiger partial charge on any atom is 0.273 e. The van der Waals surface area contributed by atoms with Gasteiger partial charge in [-0.25, -0.2) is 0 Å². The molecule has 0 saturated heterocycles. The number of aromatic nitrogens is 3. The molecule has 3 rings (SSSR count). The van der Waals surface area contributed by atoms with E-state index in [1.54, 1.807) is 6.92 Å². The van der Waals surface area contributed by atoms with Crippen LogP contribution in [0.1, 0.15) is 38.4 Å². The highest BCUT2D eigenvalue weighted by molar-refractivity contribution is 8.00. The van der Waals surface area contributed by atoms with Crippen LogP contribution in [0.15, 0.2) is 23.4 Å². The number of thioether (sulfide) groups is 1. The molecule has 1 aliphatic rings. The van der Waals surface area contributed by atoms with Gasteiger partial charge in [0.05, 0.1) is 29.0 Å². The summed E-state index contributed by atoms with van der Waals surface area (Å²) in [5.41, 5.74) is 0.284. The summed E-state index contributed by atoms with van der Waals surface area (Å²) in [6, 6.07) is 4.07. The third kappa shape index (κ3) is 4.21. The van der Waals surface area contributed by atoms with E-state index >= 15 is 0 Å². The van der Waals surface area contributed by atoms with E-state index in [-0.39, 0.29) is 17.3 Å². The van der Waals surface area contributed by atoms with Crippen molar-refractivity contribution in [2.24, 2.45) is 0 Å². The number of hydrogen-bond acceptors (Lipinski definition) is 7. The van der Waals surface area contributed by atoms with Gasteiger partial charge >= 0.3 is 0 Å². The predicted molar refractivity (Wildman–Crippen MR) is 101 cm³/mol. The lowest BCUT2D eigenvalue weighted by Gasteiger charge is -2.14. The zero-order valence-corrected chi connectivity index (χ0v) is 16.2. The number of amides is 1. The van der Waals surface area contributed by atoms with Crippen LogP contribution in [-0.4, -0.2) is 38.0 Å². The van der Waals surface area contributed by atoms with Gasteiger partial charge in [-0.15, -0.1) is 10.2 Å². The Morgan fingerprint density at radius 3 is 2.81 bits per heavy atom. The Labute approximate surface area is 160 Å². The number of rotatable bonds is 8. The van der Waals surface area contributed by atoms with E-state index in [2.05, 4.69) is 20.1 Å². The Hall–Kier alpha value is -2.62. The van der Waals surface area contributed by atoms with E-state index in [4.69, 9.17) is 4.74 Å². The average Bonchev–Trinajstić information content (AvgIpc) is 3.42. The summed E-state index contributed by atoms with van der Waals surface area (Å²) in [6.07, 6.45) is 2.28. The summed E-state index contributed by atoms with van der Waals surface area (Å²) < 4.78 is 7.21. The number of nitrogens with zero attached hydrogens (tertiary/aromatic N) is 4. The highest BCUT2D eigenvalue weighted by Crippen LogP contribution is 2.40. The third-order valence-corrected chi connectivity index (χ3v) is 5.39. The van der Waals surface area contributed by atoms with Crippen molar-refractivity contribution in [2.45, 2.75) is 49.6 Å². The fraction of sp³-hybridized carbons (Fsp3) is 0.471. The van der Waals surface area contributed by atoms with Crippen molar-refractivity contribution in [1.29, 1.82) is 0 Å². The summed E-state index contributed by atoms with van der Waals surface area (Å²) in [5.74, 6) is 1.47. The minimum atomic E-state index is -0.512. The van der Waals surface area contributed by atoms with Gasteiger partial charge in [0.2, 0.25) is 5.91 Å². The van der Waals surface area contributed by atoms with Crippen LogP contribution in [0.3, 0.4) is 0 Å². The predicted octanol–water partition coefficient (Wildman–Crippen LogP) is 3.21. The number of hydrogen-bond donors (Lipinski definition) is 1. The molecule has 0 bridgehead atoms. The lowest BCUT2D eigenvalue weighted by atomic mass is 10.2. The molecule has 1 saturated carbocycles. The zero-order valence-electron chi connectivity index (χ0n) is 15.3. The number of nitrogens with one attached hydrogen (secondary N) is 1. The monoisotopic (exact) mass is 391 g/mol. The summed E-state index contributed by atoms with van der Waals surface area (Å²) in [6.45, 7) is 4.57. The molecule has 1 aliphatic carbocycles. The molecule has 0 aliphatic heterocycles. The van der Waals surface area contributed by atoms with Crippen LogP contribution in [0.25, 0.3) is 0 Å². The Bertz CT molecular complexity index is 865. The first-order valence-corrected chi connectivity index (χ1v) is 9.55. The fourth-order valence-corrected chi connectivity index (χ4v) is 3.59. The highest BCUT2D eigenvalue weighted by atomic mass is 32.2. The maximum absolute atomic E-state index is 12.6. The molecule has 9 nitrogen and oxygen atoms in total. The Kier molecular flexibility index (Phi) is 5.64. The van der Waals surface area contributed by atoms with Gasteiger partial charge in [-0.3, -0.25) is 14.9 Å². The Morgan fingerprint density at radius 1 is 1.48 bits per heavy atom. The zero-order chi connectivity index (χ0) is 19.6. The van der Waals surface area contributed by atoms with Gasteiger partial charge in [0.25, 0.3) is 5.69 Å². The summed E-state index contributed by atoms with van der Waals surface area (Å²) >= 11 is 1.34. The van der Waals surface area contributed by atoms with Crippen LogP contribution in [0.2, 0.25) is 0 Å². The summed E-state index contributed by atoms with van der Waals surface area (Å²) in [7, 11) is 1.40. The van der Waals surface area contributed by atoms with Crippen molar-refractivity contribution >= 4 is 29.0 Å². The van der Waals surface area contributed by atoms with Crippen LogP contribution < -0.4 is 10.1 Å². The molecule has 1 heterocycles. The second-order valence-electron chi connectivity index (χ2n) is 6.25. The third-order valence-electron chi connectivity index (χ3n) is 4.31. The number of nitro benzene ring substituents is 1. The van der Waals surface area contributed by atoms with Crippen molar-refractivity contribution in [3.05, 3.63) is 34.1 Å². The van der Waals surface area contributed by atoms with Crippen LogP contribution in [0.4, 0.5) is 11.4 Å². The Balaban J connectivity index is 1.70. The molecular formula is C17H21N5O4S. The van der Waals surface area contributed by atoms with Crippen molar-refractivity contribution in [3.8, 4) is 5.75 Å². The van der Waals surface area contributed by atoms with Crippen LogP contribution in [0.5, 0.6) is 5.75 Å². The number of carbonyl (C=O) groups is 1. The van der Waals surface area contributed by atoms with E-state index in [0.29, 0.717) is 11.6 Å². The maximum atomic E-state index is 12.6. The van der Waals surface area contributed by atoms with Gasteiger partial charge in [0, 0.05) is 18.5 Å². The topological polar surface area (TPSA) is 112 Å². The average molecular weight is 391 g/mol. The quantitative estimate of drug-likeness (QED) is 0.418. The number of nitro groups is 1. The molecule has 144 valence electrons. The SMILES string of the molecule is CCn1c(S[C@@H](C)C(=O)Nc2ccc([N+](=O)[O-])cc2OC)nnc1C1CC1. The molecule has 0 spiro atoms. The minimum Gasteiger partial charge on any atom is -0.494 e. The number of benzene rings is 1. The molecule has 2 aromatic rings. The molecule has 1 aromatic heterocycles. The first-order valence-electron chi connectivity index (χ1n) is 8.67. The molecule has 1 N–H and O–H groups in total. The lowest BCUT2D eigenvalue weighted by molar-refractivity contribution is -0.384. The molecule has 0 unspecified atom stereocenters.